The predicted octanol–water partition coefficient (Wildman–Crippen LogP) is 3.57. The first kappa shape index (κ1) is 18.2. The van der Waals surface area contributed by atoms with Crippen LogP contribution in [0.4, 0.5) is 5.69 Å². The lowest BCUT2D eigenvalue weighted by atomic mass is 9.73. The van der Waals surface area contributed by atoms with Gasteiger partial charge in [0.15, 0.2) is 0 Å². The van der Waals surface area contributed by atoms with Gasteiger partial charge in [-0.1, -0.05) is 32.0 Å². The van der Waals surface area contributed by atoms with Crippen molar-refractivity contribution in [1.29, 1.82) is 0 Å². The Labute approximate surface area is 152 Å². The van der Waals surface area contributed by atoms with Crippen molar-refractivity contribution >= 4 is 11.6 Å². The van der Waals surface area contributed by atoms with Crippen LogP contribution >= 0.6 is 0 Å². The van der Waals surface area contributed by atoms with E-state index in [1.165, 1.54) is 5.69 Å². The molecule has 0 radical (unpaired) electrons. The standard InChI is InChI=1S/C21H32N2O2/c1-21(2,17-11-14-25-15-12-17)20(24)22(3)19-10-7-13-23(16-19)18-8-5-4-6-9-18/h4-6,8-9,17,19H,7,10-16H2,1-3H3/t19-/m1/s1. The van der Waals surface area contributed by atoms with Gasteiger partial charge in [-0.2, -0.15) is 0 Å². The summed E-state index contributed by atoms with van der Waals surface area (Å²) in [5.74, 6) is 0.712. The first-order chi connectivity index (χ1) is 12.0. The van der Waals surface area contributed by atoms with E-state index >= 15 is 0 Å². The van der Waals surface area contributed by atoms with Crippen LogP contribution in [0.2, 0.25) is 0 Å². The molecule has 1 aromatic rings. The SMILES string of the molecule is CN(C(=O)C(C)(C)C1CCOCC1)[C@@H]1CCCN(c2ccccc2)C1. The van der Waals surface area contributed by atoms with E-state index in [0.717, 1.165) is 52.0 Å². The van der Waals surface area contributed by atoms with E-state index in [1.807, 2.05) is 11.9 Å². The Bertz CT molecular complexity index is 567. The lowest BCUT2D eigenvalue weighted by molar-refractivity contribution is -0.146. The number of para-hydroxylation sites is 1. The molecular formula is C21H32N2O2. The summed E-state index contributed by atoms with van der Waals surface area (Å²) in [6.07, 6.45) is 4.21. The average Bonchev–Trinajstić information content (AvgIpc) is 2.68. The Morgan fingerprint density at radius 3 is 2.52 bits per heavy atom. The minimum Gasteiger partial charge on any atom is -0.381 e. The van der Waals surface area contributed by atoms with Crippen LogP contribution in [0.3, 0.4) is 0 Å². The number of carbonyl (C=O) groups is 1. The van der Waals surface area contributed by atoms with E-state index in [0.29, 0.717) is 17.9 Å². The molecule has 138 valence electrons. The zero-order valence-corrected chi connectivity index (χ0v) is 15.9. The molecule has 2 heterocycles. The molecular weight excluding hydrogens is 312 g/mol. The van der Waals surface area contributed by atoms with Gasteiger partial charge in [-0.25, -0.2) is 0 Å². The molecule has 1 atom stereocenters. The Kier molecular flexibility index (Phi) is 5.67. The van der Waals surface area contributed by atoms with Gasteiger partial charge in [0.1, 0.15) is 0 Å². The lowest BCUT2D eigenvalue weighted by Crippen LogP contribution is -2.53. The molecule has 3 rings (SSSR count). The summed E-state index contributed by atoms with van der Waals surface area (Å²) < 4.78 is 5.48. The molecule has 0 aromatic heterocycles. The van der Waals surface area contributed by atoms with Gasteiger partial charge in [-0.15, -0.1) is 0 Å². The van der Waals surface area contributed by atoms with E-state index in [2.05, 4.69) is 49.1 Å². The van der Waals surface area contributed by atoms with Crippen molar-refractivity contribution in [1.82, 2.24) is 4.90 Å². The zero-order valence-electron chi connectivity index (χ0n) is 15.9. The highest BCUT2D eigenvalue weighted by molar-refractivity contribution is 5.82. The van der Waals surface area contributed by atoms with Crippen molar-refractivity contribution in [3.8, 4) is 0 Å². The highest BCUT2D eigenvalue weighted by Gasteiger charge is 2.41. The van der Waals surface area contributed by atoms with Crippen LogP contribution in [-0.4, -0.2) is 50.2 Å². The monoisotopic (exact) mass is 344 g/mol. The normalized spacial score (nSPS) is 22.7. The number of carbonyl (C=O) groups excluding carboxylic acids is 1. The zero-order chi connectivity index (χ0) is 17.9. The molecule has 4 nitrogen and oxygen atoms in total. The summed E-state index contributed by atoms with van der Waals surface area (Å²) in [6, 6.07) is 10.8. The molecule has 0 unspecified atom stereocenters. The summed E-state index contributed by atoms with van der Waals surface area (Å²) in [5, 5.41) is 0. The van der Waals surface area contributed by atoms with Crippen LogP contribution in [0.5, 0.6) is 0 Å². The van der Waals surface area contributed by atoms with E-state index in [1.54, 1.807) is 0 Å². The van der Waals surface area contributed by atoms with E-state index < -0.39 is 0 Å². The molecule has 1 aromatic carbocycles. The molecule has 25 heavy (non-hydrogen) atoms. The molecule has 0 saturated carbocycles. The number of likely N-dealkylation sites (N-methyl/N-ethyl adjacent to an activating group) is 1. The second kappa shape index (κ2) is 7.77. The third kappa shape index (κ3) is 4.00. The number of benzene rings is 1. The van der Waals surface area contributed by atoms with Gasteiger partial charge < -0.3 is 14.5 Å². The van der Waals surface area contributed by atoms with Crippen LogP contribution in [0.15, 0.2) is 30.3 Å². The van der Waals surface area contributed by atoms with Gasteiger partial charge in [0.05, 0.1) is 0 Å². The number of rotatable bonds is 4. The first-order valence-electron chi connectivity index (χ1n) is 9.65. The molecule has 4 heteroatoms. The molecule has 2 aliphatic heterocycles. The van der Waals surface area contributed by atoms with Gasteiger partial charge in [-0.3, -0.25) is 4.79 Å². The van der Waals surface area contributed by atoms with Crippen molar-refractivity contribution in [2.75, 3.05) is 38.3 Å². The fourth-order valence-electron chi connectivity index (χ4n) is 4.36. The summed E-state index contributed by atoms with van der Waals surface area (Å²) >= 11 is 0. The Balaban J connectivity index is 1.66. The average molecular weight is 344 g/mol. The summed E-state index contributed by atoms with van der Waals surface area (Å²) in [4.78, 5) is 17.7. The van der Waals surface area contributed by atoms with Gasteiger partial charge in [0.25, 0.3) is 0 Å². The van der Waals surface area contributed by atoms with Crippen molar-refractivity contribution in [3.05, 3.63) is 30.3 Å². The highest BCUT2D eigenvalue weighted by atomic mass is 16.5. The van der Waals surface area contributed by atoms with Gasteiger partial charge in [0.2, 0.25) is 5.91 Å². The van der Waals surface area contributed by atoms with Gasteiger partial charge in [-0.05, 0) is 43.7 Å². The molecule has 0 bridgehead atoms. The Morgan fingerprint density at radius 2 is 1.84 bits per heavy atom. The fourth-order valence-corrected chi connectivity index (χ4v) is 4.36. The van der Waals surface area contributed by atoms with E-state index in [-0.39, 0.29) is 5.41 Å². The van der Waals surface area contributed by atoms with E-state index in [4.69, 9.17) is 4.74 Å². The second-order valence-electron chi connectivity index (χ2n) is 8.10. The Morgan fingerprint density at radius 1 is 1.16 bits per heavy atom. The summed E-state index contributed by atoms with van der Waals surface area (Å²) in [5.41, 5.74) is 0.949. The number of ether oxygens (including phenoxy) is 1. The summed E-state index contributed by atoms with van der Waals surface area (Å²) in [6.45, 7) is 7.83. The molecule has 2 aliphatic rings. The molecule has 0 aliphatic carbocycles. The Hall–Kier alpha value is -1.55. The number of piperidine rings is 1. The van der Waals surface area contributed by atoms with Crippen molar-refractivity contribution in [2.24, 2.45) is 11.3 Å². The third-order valence-electron chi connectivity index (χ3n) is 6.18. The van der Waals surface area contributed by atoms with Crippen LogP contribution in [0, 0.1) is 11.3 Å². The number of hydrogen-bond acceptors (Lipinski definition) is 3. The van der Waals surface area contributed by atoms with Crippen LogP contribution in [0.1, 0.15) is 39.5 Å². The van der Waals surface area contributed by atoms with Crippen LogP contribution in [-0.2, 0) is 9.53 Å². The second-order valence-corrected chi connectivity index (χ2v) is 8.10. The number of nitrogens with zero attached hydrogens (tertiary/aromatic N) is 2. The maximum absolute atomic E-state index is 13.3. The summed E-state index contributed by atoms with van der Waals surface area (Å²) in [7, 11) is 2.00. The van der Waals surface area contributed by atoms with Crippen molar-refractivity contribution in [2.45, 2.75) is 45.6 Å². The minimum absolute atomic E-state index is 0.291. The maximum atomic E-state index is 13.3. The maximum Gasteiger partial charge on any atom is 0.228 e. The molecule has 2 fully saturated rings. The van der Waals surface area contributed by atoms with Crippen LogP contribution in [0.25, 0.3) is 0 Å². The van der Waals surface area contributed by atoms with E-state index in [9.17, 15) is 4.79 Å². The number of anilines is 1. The van der Waals surface area contributed by atoms with Gasteiger partial charge in [0, 0.05) is 50.5 Å². The van der Waals surface area contributed by atoms with Gasteiger partial charge >= 0.3 is 0 Å². The predicted molar refractivity (Wildman–Crippen MR) is 102 cm³/mol. The van der Waals surface area contributed by atoms with Crippen molar-refractivity contribution < 1.29 is 9.53 Å². The topological polar surface area (TPSA) is 32.8 Å². The number of hydrogen-bond donors (Lipinski definition) is 0. The van der Waals surface area contributed by atoms with Crippen molar-refractivity contribution in [3.63, 3.8) is 0 Å². The largest absolute Gasteiger partial charge is 0.381 e. The first-order valence-corrected chi connectivity index (χ1v) is 9.65. The van der Waals surface area contributed by atoms with Crippen LogP contribution < -0.4 is 4.90 Å². The fraction of sp³-hybridized carbons (Fsp3) is 0.667. The minimum atomic E-state index is -0.312. The molecule has 2 saturated heterocycles. The smallest absolute Gasteiger partial charge is 0.228 e. The quantitative estimate of drug-likeness (QED) is 0.837. The lowest BCUT2D eigenvalue weighted by Gasteiger charge is -2.43. The molecule has 1 amide bonds. The molecule has 0 N–H and O–H groups in total. The highest BCUT2D eigenvalue weighted by Crippen LogP contribution is 2.37. The molecule has 0 spiro atoms. The third-order valence-corrected chi connectivity index (χ3v) is 6.18. The number of amides is 1.